The van der Waals surface area contributed by atoms with Gasteiger partial charge in [-0.05, 0) is 64.4 Å². The number of hydrogen-bond donors (Lipinski definition) is 0. The van der Waals surface area contributed by atoms with Crippen LogP contribution < -0.4 is 0 Å². The molecule has 0 aliphatic rings. The molecule has 0 fully saturated rings. The maximum absolute atomic E-state index is 5.00. The van der Waals surface area contributed by atoms with Gasteiger partial charge in [0.1, 0.15) is 0 Å². The first kappa shape index (κ1) is 30.7. The van der Waals surface area contributed by atoms with Crippen molar-refractivity contribution in [3.05, 3.63) is 182 Å². The molecule has 3 aromatic heterocycles. The second-order valence-corrected chi connectivity index (χ2v) is 14.6. The van der Waals surface area contributed by atoms with Gasteiger partial charge in [0.2, 0.25) is 0 Å². The second kappa shape index (κ2) is 12.3. The van der Waals surface area contributed by atoms with Crippen molar-refractivity contribution >= 4 is 64.1 Å². The van der Waals surface area contributed by atoms with Gasteiger partial charge in [-0.3, -0.25) is 0 Å². The number of fused-ring (bicyclic) bond motifs is 10. The van der Waals surface area contributed by atoms with Crippen molar-refractivity contribution in [1.29, 1.82) is 0 Å². The van der Waals surface area contributed by atoms with Crippen LogP contribution in [0, 0.1) is 0 Å². The summed E-state index contributed by atoms with van der Waals surface area (Å²) in [6, 6.07) is 64.3. The Labute approximate surface area is 315 Å². The summed E-state index contributed by atoms with van der Waals surface area (Å²) in [7, 11) is 0. The van der Waals surface area contributed by atoms with Crippen LogP contribution in [0.5, 0.6) is 0 Å². The summed E-state index contributed by atoms with van der Waals surface area (Å²) in [5.41, 5.74) is 8.74. The molecular formula is C49H30N4S. The average molecular weight is 707 g/mol. The van der Waals surface area contributed by atoms with Gasteiger partial charge in [0.15, 0.2) is 17.5 Å². The number of rotatable bonds is 5. The number of thiophene rings is 1. The van der Waals surface area contributed by atoms with Gasteiger partial charge in [-0.2, -0.15) is 0 Å². The lowest BCUT2D eigenvalue weighted by Gasteiger charge is -2.12. The molecule has 0 bridgehead atoms. The zero-order valence-corrected chi connectivity index (χ0v) is 29.8. The third-order valence-electron chi connectivity index (χ3n) is 10.4. The number of hydrogen-bond acceptors (Lipinski definition) is 4. The Morgan fingerprint density at radius 3 is 1.46 bits per heavy atom. The molecule has 0 aliphatic heterocycles. The minimum Gasteiger partial charge on any atom is -0.308 e. The van der Waals surface area contributed by atoms with Crippen LogP contribution in [-0.2, 0) is 0 Å². The normalized spacial score (nSPS) is 11.7. The van der Waals surface area contributed by atoms with Crippen molar-refractivity contribution in [3.8, 4) is 51.0 Å². The Bertz CT molecular complexity index is 3130. The van der Waals surface area contributed by atoms with Crippen LogP contribution in [0.2, 0.25) is 0 Å². The van der Waals surface area contributed by atoms with Crippen molar-refractivity contribution in [2.24, 2.45) is 0 Å². The third kappa shape index (κ3) is 4.86. The van der Waals surface area contributed by atoms with E-state index in [1.54, 1.807) is 0 Å². The molecule has 0 aliphatic carbocycles. The van der Waals surface area contributed by atoms with E-state index in [-0.39, 0.29) is 0 Å². The Kier molecular flexibility index (Phi) is 7.00. The maximum atomic E-state index is 5.00. The maximum Gasteiger partial charge on any atom is 0.164 e. The molecular weight excluding hydrogens is 677 g/mol. The molecule has 0 radical (unpaired) electrons. The first-order valence-electron chi connectivity index (χ1n) is 18.1. The molecule has 0 amide bonds. The van der Waals surface area contributed by atoms with Crippen LogP contribution in [0.15, 0.2) is 182 Å². The monoisotopic (exact) mass is 706 g/mol. The predicted octanol–water partition coefficient (Wildman–Crippen LogP) is 13.2. The third-order valence-corrected chi connectivity index (χ3v) is 11.6. The topological polar surface area (TPSA) is 43.6 Å². The summed E-state index contributed by atoms with van der Waals surface area (Å²) in [5.74, 6) is 1.94. The van der Waals surface area contributed by atoms with Crippen molar-refractivity contribution < 1.29 is 0 Å². The van der Waals surface area contributed by atoms with E-state index in [2.05, 4.69) is 126 Å². The van der Waals surface area contributed by atoms with Crippen LogP contribution in [0.4, 0.5) is 0 Å². The standard InChI is InChI=1S/C49H30N4S/c1-4-14-31(15-5-1)35-26-29-41-40(30-35)43-37-20-10-11-21-38(37)44-39-22-12-13-23-42(39)54-46(44)45(43)53(41)36-27-24-34(25-28-36)49-51-47(32-16-6-2-7-17-32)50-48(52-49)33-18-8-3-9-19-33/h1-30H. The quantitative estimate of drug-likeness (QED) is 0.179. The minimum absolute atomic E-state index is 0.641. The van der Waals surface area contributed by atoms with Crippen LogP contribution in [0.25, 0.3) is 104 Å². The van der Waals surface area contributed by atoms with E-state index < -0.39 is 0 Å². The highest BCUT2D eigenvalue weighted by Gasteiger charge is 2.22. The van der Waals surface area contributed by atoms with Crippen molar-refractivity contribution in [3.63, 3.8) is 0 Å². The zero-order chi connectivity index (χ0) is 35.6. The summed E-state index contributed by atoms with van der Waals surface area (Å²) < 4.78 is 5.05. The molecule has 252 valence electrons. The number of nitrogens with zero attached hydrogens (tertiary/aromatic N) is 4. The van der Waals surface area contributed by atoms with Gasteiger partial charge in [-0.15, -0.1) is 11.3 Å². The predicted molar refractivity (Wildman–Crippen MR) is 226 cm³/mol. The minimum atomic E-state index is 0.641. The van der Waals surface area contributed by atoms with Crippen LogP contribution in [0.3, 0.4) is 0 Å². The van der Waals surface area contributed by atoms with Gasteiger partial charge in [0, 0.05) is 48.6 Å². The Balaban J connectivity index is 1.17. The SMILES string of the molecule is c1ccc(-c2ccc3c(c2)c2c4ccccc4c4c5ccccc5sc4c2n3-c2ccc(-c3nc(-c4ccccc4)nc(-c4ccccc4)n3)cc2)cc1. The van der Waals surface area contributed by atoms with E-state index in [0.29, 0.717) is 17.5 Å². The summed E-state index contributed by atoms with van der Waals surface area (Å²) in [4.78, 5) is 14.9. The molecule has 11 rings (SSSR count). The molecule has 8 aromatic carbocycles. The van der Waals surface area contributed by atoms with E-state index in [0.717, 1.165) is 22.4 Å². The molecule has 4 nitrogen and oxygen atoms in total. The highest BCUT2D eigenvalue weighted by molar-refractivity contribution is 7.27. The highest BCUT2D eigenvalue weighted by atomic mass is 32.1. The molecule has 5 heteroatoms. The zero-order valence-electron chi connectivity index (χ0n) is 29.0. The smallest absolute Gasteiger partial charge is 0.164 e. The van der Waals surface area contributed by atoms with Crippen LogP contribution in [-0.4, -0.2) is 19.5 Å². The number of benzene rings is 8. The number of aromatic nitrogens is 4. The van der Waals surface area contributed by atoms with Gasteiger partial charge < -0.3 is 4.57 Å². The molecule has 11 aromatic rings. The lowest BCUT2D eigenvalue weighted by molar-refractivity contribution is 1.07. The lowest BCUT2D eigenvalue weighted by Crippen LogP contribution is -2.00. The van der Waals surface area contributed by atoms with Gasteiger partial charge >= 0.3 is 0 Å². The Hall–Kier alpha value is -6.95. The highest BCUT2D eigenvalue weighted by Crippen LogP contribution is 2.48. The van der Waals surface area contributed by atoms with Crippen molar-refractivity contribution in [2.75, 3.05) is 0 Å². The fourth-order valence-corrected chi connectivity index (χ4v) is 9.21. The van der Waals surface area contributed by atoms with E-state index in [9.17, 15) is 0 Å². The molecule has 0 N–H and O–H groups in total. The fourth-order valence-electron chi connectivity index (χ4n) is 7.95. The average Bonchev–Trinajstić information content (AvgIpc) is 3.81. The van der Waals surface area contributed by atoms with Gasteiger partial charge in [-0.25, -0.2) is 15.0 Å². The summed E-state index contributed by atoms with van der Waals surface area (Å²) in [6.45, 7) is 0. The Morgan fingerprint density at radius 2 is 0.852 bits per heavy atom. The molecule has 3 heterocycles. The first-order valence-corrected chi connectivity index (χ1v) is 18.9. The lowest BCUT2D eigenvalue weighted by atomic mass is 9.97. The van der Waals surface area contributed by atoms with E-state index in [4.69, 9.17) is 15.0 Å². The van der Waals surface area contributed by atoms with E-state index in [1.807, 2.05) is 72.0 Å². The summed E-state index contributed by atoms with van der Waals surface area (Å²) in [6.07, 6.45) is 0. The molecule has 0 atom stereocenters. The van der Waals surface area contributed by atoms with Gasteiger partial charge in [0.25, 0.3) is 0 Å². The summed E-state index contributed by atoms with van der Waals surface area (Å²) >= 11 is 1.88. The van der Waals surface area contributed by atoms with Crippen LogP contribution in [0.1, 0.15) is 0 Å². The van der Waals surface area contributed by atoms with Crippen molar-refractivity contribution in [2.45, 2.75) is 0 Å². The molecule has 0 unspecified atom stereocenters. The fraction of sp³-hybridized carbons (Fsp3) is 0. The van der Waals surface area contributed by atoms with Gasteiger partial charge in [-0.1, -0.05) is 140 Å². The molecule has 0 spiro atoms. The van der Waals surface area contributed by atoms with Crippen molar-refractivity contribution in [1.82, 2.24) is 19.5 Å². The second-order valence-electron chi connectivity index (χ2n) is 13.6. The van der Waals surface area contributed by atoms with Crippen LogP contribution >= 0.6 is 11.3 Å². The molecule has 0 saturated carbocycles. The largest absolute Gasteiger partial charge is 0.308 e. The van der Waals surface area contributed by atoms with E-state index >= 15 is 0 Å². The molecule has 54 heavy (non-hydrogen) atoms. The summed E-state index contributed by atoms with van der Waals surface area (Å²) in [5, 5.41) is 7.68. The van der Waals surface area contributed by atoms with Gasteiger partial charge in [0.05, 0.1) is 15.7 Å². The van der Waals surface area contributed by atoms with E-state index in [1.165, 1.54) is 63.9 Å². The Morgan fingerprint density at radius 1 is 0.370 bits per heavy atom. The molecule has 0 saturated heterocycles. The first-order chi connectivity index (χ1) is 26.8.